The molecule has 4 heteroatoms. The molecule has 0 aliphatic carbocycles. The molecule has 1 N–H and O–H groups in total. The van der Waals surface area contributed by atoms with Gasteiger partial charge in [-0.05, 0) is 24.6 Å². The third kappa shape index (κ3) is 2.75. The van der Waals surface area contributed by atoms with Gasteiger partial charge in [-0.3, -0.25) is 0 Å². The van der Waals surface area contributed by atoms with Crippen LogP contribution in [-0.4, -0.2) is 26.2 Å². The molecule has 1 fully saturated rings. The number of rotatable bonds is 2. The highest BCUT2D eigenvalue weighted by Crippen LogP contribution is 2.31. The van der Waals surface area contributed by atoms with Crippen molar-refractivity contribution in [1.29, 1.82) is 0 Å². The summed E-state index contributed by atoms with van der Waals surface area (Å²) in [5.74, 6) is -2.76. The highest BCUT2D eigenvalue weighted by Gasteiger charge is 2.25. The van der Waals surface area contributed by atoms with Crippen LogP contribution in [-0.2, 0) is 5.92 Å². The first-order valence-corrected chi connectivity index (χ1v) is 5.93. The van der Waals surface area contributed by atoms with Crippen molar-refractivity contribution in [2.75, 3.05) is 31.1 Å². The van der Waals surface area contributed by atoms with Gasteiger partial charge in [0.25, 0.3) is 5.92 Å². The molecule has 0 saturated carbocycles. The molecule has 0 spiro atoms. The summed E-state index contributed by atoms with van der Waals surface area (Å²) < 4.78 is 26.4. The van der Waals surface area contributed by atoms with Crippen molar-refractivity contribution in [3.63, 3.8) is 0 Å². The molecule has 1 aromatic rings. The topological polar surface area (TPSA) is 15.3 Å². The van der Waals surface area contributed by atoms with Crippen LogP contribution < -0.4 is 10.2 Å². The van der Waals surface area contributed by atoms with Crippen LogP contribution >= 0.6 is 0 Å². The Hall–Kier alpha value is -1.16. The minimum atomic E-state index is -2.76. The van der Waals surface area contributed by atoms with E-state index in [0.717, 1.165) is 44.4 Å². The smallest absolute Gasteiger partial charge is 0.270 e. The summed E-state index contributed by atoms with van der Waals surface area (Å²) in [6, 6.07) is 4.94. The lowest BCUT2D eigenvalue weighted by atomic mass is 10.0. The first-order chi connectivity index (χ1) is 7.98. The van der Waals surface area contributed by atoms with Crippen molar-refractivity contribution in [3.8, 4) is 0 Å². The molecule has 0 bridgehead atoms. The van der Waals surface area contributed by atoms with E-state index in [9.17, 15) is 8.78 Å². The van der Waals surface area contributed by atoms with Gasteiger partial charge in [-0.1, -0.05) is 6.07 Å². The van der Waals surface area contributed by atoms with Crippen LogP contribution in [0.15, 0.2) is 18.2 Å². The molecule has 2 nitrogen and oxygen atoms in total. The van der Waals surface area contributed by atoms with Gasteiger partial charge in [-0.15, -0.1) is 0 Å². The summed E-state index contributed by atoms with van der Waals surface area (Å²) in [5, 5.41) is 3.28. The molecule has 0 atom stereocenters. The number of aryl methyl sites for hydroxylation is 1. The molecule has 1 aliphatic rings. The molecule has 1 aromatic carbocycles. The van der Waals surface area contributed by atoms with Crippen molar-refractivity contribution in [2.45, 2.75) is 19.8 Å². The zero-order valence-corrected chi connectivity index (χ0v) is 10.3. The van der Waals surface area contributed by atoms with Crippen LogP contribution in [0.4, 0.5) is 14.5 Å². The fourth-order valence-corrected chi connectivity index (χ4v) is 2.19. The Morgan fingerprint density at radius 3 is 2.41 bits per heavy atom. The molecular weight excluding hydrogens is 222 g/mol. The van der Waals surface area contributed by atoms with E-state index >= 15 is 0 Å². The van der Waals surface area contributed by atoms with Gasteiger partial charge < -0.3 is 10.2 Å². The molecule has 0 radical (unpaired) electrons. The van der Waals surface area contributed by atoms with E-state index in [-0.39, 0.29) is 5.56 Å². The molecule has 2 rings (SSSR count). The number of benzene rings is 1. The lowest BCUT2D eigenvalue weighted by molar-refractivity contribution is 0.0174. The number of hydrogen-bond acceptors (Lipinski definition) is 2. The number of halogens is 2. The van der Waals surface area contributed by atoms with Crippen molar-refractivity contribution in [1.82, 2.24) is 5.32 Å². The van der Waals surface area contributed by atoms with Gasteiger partial charge in [-0.25, -0.2) is 8.78 Å². The first-order valence-electron chi connectivity index (χ1n) is 5.93. The largest absolute Gasteiger partial charge is 0.369 e. The predicted octanol–water partition coefficient (Wildman–Crippen LogP) is 2.52. The van der Waals surface area contributed by atoms with Crippen LogP contribution in [0.25, 0.3) is 0 Å². The van der Waals surface area contributed by atoms with Crippen LogP contribution in [0, 0.1) is 6.92 Å². The molecule has 1 heterocycles. The SMILES string of the molecule is Cc1cc(C(C)(F)F)ccc1N1CCNCC1. The fourth-order valence-electron chi connectivity index (χ4n) is 2.19. The summed E-state index contributed by atoms with van der Waals surface area (Å²) in [7, 11) is 0. The van der Waals surface area contributed by atoms with E-state index in [4.69, 9.17) is 0 Å². The fraction of sp³-hybridized carbons (Fsp3) is 0.538. The van der Waals surface area contributed by atoms with Crippen LogP contribution in [0.1, 0.15) is 18.1 Å². The third-order valence-electron chi connectivity index (χ3n) is 3.16. The van der Waals surface area contributed by atoms with Crippen LogP contribution in [0.3, 0.4) is 0 Å². The molecule has 1 saturated heterocycles. The van der Waals surface area contributed by atoms with E-state index in [1.165, 1.54) is 6.07 Å². The average molecular weight is 240 g/mol. The van der Waals surface area contributed by atoms with Gasteiger partial charge in [0.05, 0.1) is 0 Å². The summed E-state index contributed by atoms with van der Waals surface area (Å²) in [5.41, 5.74) is 2.08. The van der Waals surface area contributed by atoms with Crippen molar-refractivity contribution >= 4 is 5.69 Å². The van der Waals surface area contributed by atoms with Crippen molar-refractivity contribution < 1.29 is 8.78 Å². The van der Waals surface area contributed by atoms with Gasteiger partial charge in [0.15, 0.2) is 0 Å². The zero-order valence-electron chi connectivity index (χ0n) is 10.3. The van der Waals surface area contributed by atoms with Gasteiger partial charge in [-0.2, -0.15) is 0 Å². The standard InChI is InChI=1S/C13H18F2N2/c1-10-9-11(13(2,14)15)3-4-12(10)17-7-5-16-6-8-17/h3-4,9,16H,5-8H2,1-2H3. The summed E-state index contributed by atoms with van der Waals surface area (Å²) in [6.07, 6.45) is 0. The lowest BCUT2D eigenvalue weighted by Crippen LogP contribution is -2.43. The predicted molar refractivity (Wildman–Crippen MR) is 65.8 cm³/mol. The van der Waals surface area contributed by atoms with Crippen LogP contribution in [0.5, 0.6) is 0 Å². The van der Waals surface area contributed by atoms with Crippen molar-refractivity contribution in [2.24, 2.45) is 0 Å². The number of nitrogens with one attached hydrogen (secondary N) is 1. The first kappa shape index (κ1) is 12.3. The number of nitrogens with zero attached hydrogens (tertiary/aromatic N) is 1. The monoisotopic (exact) mass is 240 g/mol. The Morgan fingerprint density at radius 1 is 1.24 bits per heavy atom. The Kier molecular flexibility index (Phi) is 3.33. The summed E-state index contributed by atoms with van der Waals surface area (Å²) in [6.45, 7) is 6.60. The second-order valence-electron chi connectivity index (χ2n) is 4.63. The molecule has 94 valence electrons. The molecule has 17 heavy (non-hydrogen) atoms. The Bertz CT molecular complexity index is 393. The Morgan fingerprint density at radius 2 is 1.88 bits per heavy atom. The Balaban J connectivity index is 2.25. The van der Waals surface area contributed by atoms with E-state index in [1.807, 2.05) is 13.0 Å². The Labute approximate surface area is 101 Å². The molecule has 0 aromatic heterocycles. The summed E-state index contributed by atoms with van der Waals surface area (Å²) in [4.78, 5) is 2.24. The maximum absolute atomic E-state index is 13.2. The number of alkyl halides is 2. The number of hydrogen-bond donors (Lipinski definition) is 1. The van der Waals surface area contributed by atoms with Gasteiger partial charge >= 0.3 is 0 Å². The highest BCUT2D eigenvalue weighted by atomic mass is 19.3. The molecule has 0 amide bonds. The normalized spacial score (nSPS) is 17.3. The maximum atomic E-state index is 13.2. The van der Waals surface area contributed by atoms with Crippen LogP contribution in [0.2, 0.25) is 0 Å². The molecule has 0 unspecified atom stereocenters. The number of anilines is 1. The molecule has 1 aliphatic heterocycles. The second kappa shape index (κ2) is 4.61. The van der Waals surface area contributed by atoms with E-state index in [2.05, 4.69) is 10.2 Å². The van der Waals surface area contributed by atoms with Crippen molar-refractivity contribution in [3.05, 3.63) is 29.3 Å². The molecular formula is C13H18F2N2. The van der Waals surface area contributed by atoms with E-state index < -0.39 is 5.92 Å². The maximum Gasteiger partial charge on any atom is 0.270 e. The van der Waals surface area contributed by atoms with E-state index in [0.29, 0.717) is 0 Å². The minimum Gasteiger partial charge on any atom is -0.369 e. The quantitative estimate of drug-likeness (QED) is 0.854. The third-order valence-corrected chi connectivity index (χ3v) is 3.16. The number of piperazine rings is 1. The summed E-state index contributed by atoms with van der Waals surface area (Å²) >= 11 is 0. The average Bonchev–Trinajstić information content (AvgIpc) is 2.29. The zero-order chi connectivity index (χ0) is 12.5. The van der Waals surface area contributed by atoms with Gasteiger partial charge in [0.2, 0.25) is 0 Å². The van der Waals surface area contributed by atoms with Gasteiger partial charge in [0.1, 0.15) is 0 Å². The van der Waals surface area contributed by atoms with Gasteiger partial charge in [0, 0.05) is 44.4 Å². The minimum absolute atomic E-state index is 0.0916. The highest BCUT2D eigenvalue weighted by molar-refractivity contribution is 5.55. The lowest BCUT2D eigenvalue weighted by Gasteiger charge is -2.31. The van der Waals surface area contributed by atoms with E-state index in [1.54, 1.807) is 6.07 Å². The second-order valence-corrected chi connectivity index (χ2v) is 4.63.